The normalized spacial score (nSPS) is 10.5. The fourth-order valence-electron chi connectivity index (χ4n) is 0.945. The van der Waals surface area contributed by atoms with Gasteiger partial charge in [-0.25, -0.2) is 13.2 Å². The summed E-state index contributed by atoms with van der Waals surface area (Å²) in [5, 5.41) is 0. The number of carbonyl (C=O) groups excluding carboxylic acids is 1. The van der Waals surface area contributed by atoms with Crippen LogP contribution in [0.5, 0.6) is 0 Å². The first kappa shape index (κ1) is 9.77. The summed E-state index contributed by atoms with van der Waals surface area (Å²) in [6, 6.07) is 3.53. The summed E-state index contributed by atoms with van der Waals surface area (Å²) < 4.78 is 36.6. The molecule has 0 spiro atoms. The highest BCUT2D eigenvalue weighted by Gasteiger charge is 2.20. The van der Waals surface area contributed by atoms with Gasteiger partial charge in [0.15, 0.2) is 0 Å². The molecular weight excluding hydrogens is 181 g/mol. The molecule has 0 saturated heterocycles. The third-order valence-electron chi connectivity index (χ3n) is 1.59. The van der Waals surface area contributed by atoms with Crippen LogP contribution in [0.25, 0.3) is 0 Å². The Balaban J connectivity index is 3.13. The van der Waals surface area contributed by atoms with Crippen molar-refractivity contribution >= 4 is 5.78 Å². The van der Waals surface area contributed by atoms with Gasteiger partial charge in [-0.15, -0.1) is 0 Å². The third kappa shape index (κ3) is 2.08. The molecule has 13 heavy (non-hydrogen) atoms. The lowest BCUT2D eigenvalue weighted by molar-refractivity contribution is 0.0674. The molecule has 0 aliphatic heterocycles. The highest BCUT2D eigenvalue weighted by Crippen LogP contribution is 2.14. The zero-order valence-corrected chi connectivity index (χ0v) is 6.85. The molecule has 70 valence electrons. The van der Waals surface area contributed by atoms with Crippen LogP contribution < -0.4 is 0 Å². The number of Topliss-reactive ketones (excluding diaryl/α,β-unsaturated/α-hetero) is 1. The van der Waals surface area contributed by atoms with Gasteiger partial charge in [-0.1, -0.05) is 11.6 Å². The minimum Gasteiger partial charge on any atom is -0.288 e. The van der Waals surface area contributed by atoms with Crippen molar-refractivity contribution in [2.75, 3.05) is 0 Å². The van der Waals surface area contributed by atoms with E-state index in [1.165, 1.54) is 6.07 Å². The first-order valence-electron chi connectivity index (χ1n) is 3.61. The molecule has 0 atom stereocenters. The standard InChI is InChI=1S/C9H7F3O/c1-5-2-3-7(10)6(4-5)8(13)9(11)12/h2-4,9H,1H3. The lowest BCUT2D eigenvalue weighted by Crippen LogP contribution is -2.12. The van der Waals surface area contributed by atoms with Crippen LogP contribution in [-0.2, 0) is 0 Å². The van der Waals surface area contributed by atoms with Crippen LogP contribution in [0.1, 0.15) is 15.9 Å². The number of carbonyl (C=O) groups is 1. The van der Waals surface area contributed by atoms with Gasteiger partial charge in [0.05, 0.1) is 5.56 Å². The molecule has 0 aliphatic carbocycles. The first-order chi connectivity index (χ1) is 6.02. The van der Waals surface area contributed by atoms with Crippen molar-refractivity contribution in [2.24, 2.45) is 0 Å². The van der Waals surface area contributed by atoms with E-state index in [-0.39, 0.29) is 0 Å². The molecule has 0 fully saturated rings. The van der Waals surface area contributed by atoms with Crippen LogP contribution in [0.4, 0.5) is 13.2 Å². The van der Waals surface area contributed by atoms with Crippen LogP contribution in [0.15, 0.2) is 18.2 Å². The second-order valence-electron chi connectivity index (χ2n) is 2.65. The van der Waals surface area contributed by atoms with Gasteiger partial charge in [-0.2, -0.15) is 0 Å². The second kappa shape index (κ2) is 3.60. The molecule has 4 heteroatoms. The number of aryl methyl sites for hydroxylation is 1. The molecule has 0 amide bonds. The molecule has 0 saturated carbocycles. The van der Waals surface area contributed by atoms with E-state index in [0.717, 1.165) is 12.1 Å². The fraction of sp³-hybridized carbons (Fsp3) is 0.222. The monoisotopic (exact) mass is 188 g/mol. The summed E-state index contributed by atoms with van der Waals surface area (Å²) in [6.07, 6.45) is -3.16. The lowest BCUT2D eigenvalue weighted by atomic mass is 10.1. The molecule has 0 bridgehead atoms. The Kier molecular flexibility index (Phi) is 2.70. The smallest absolute Gasteiger partial charge is 0.288 e. The zero-order valence-electron chi connectivity index (χ0n) is 6.85. The molecule has 0 radical (unpaired) electrons. The molecule has 1 rings (SSSR count). The third-order valence-corrected chi connectivity index (χ3v) is 1.59. The van der Waals surface area contributed by atoms with Gasteiger partial charge in [0.2, 0.25) is 5.78 Å². The number of hydrogen-bond acceptors (Lipinski definition) is 1. The SMILES string of the molecule is Cc1ccc(F)c(C(=O)C(F)F)c1. The van der Waals surface area contributed by atoms with Crippen molar-refractivity contribution in [3.63, 3.8) is 0 Å². The fourth-order valence-corrected chi connectivity index (χ4v) is 0.945. The van der Waals surface area contributed by atoms with Crippen LogP contribution in [-0.4, -0.2) is 12.2 Å². The van der Waals surface area contributed by atoms with E-state index >= 15 is 0 Å². The van der Waals surface area contributed by atoms with Gasteiger partial charge in [-0.3, -0.25) is 4.79 Å². The summed E-state index contributed by atoms with van der Waals surface area (Å²) >= 11 is 0. The largest absolute Gasteiger partial charge is 0.300 e. The average Bonchev–Trinajstić information content (AvgIpc) is 2.08. The minimum absolute atomic E-state index is 0.546. The number of alkyl halides is 2. The van der Waals surface area contributed by atoms with Crippen molar-refractivity contribution in [1.29, 1.82) is 0 Å². The summed E-state index contributed by atoms with van der Waals surface area (Å²) in [7, 11) is 0. The van der Waals surface area contributed by atoms with Crippen molar-refractivity contribution in [2.45, 2.75) is 13.3 Å². The minimum atomic E-state index is -3.16. The molecule has 1 aromatic rings. The van der Waals surface area contributed by atoms with Gasteiger partial charge in [-0.05, 0) is 19.1 Å². The predicted molar refractivity (Wildman–Crippen MR) is 41.5 cm³/mol. The Morgan fingerprint density at radius 1 is 1.38 bits per heavy atom. The summed E-state index contributed by atoms with van der Waals surface area (Å²) in [4.78, 5) is 10.7. The van der Waals surface area contributed by atoms with Gasteiger partial charge in [0.25, 0.3) is 0 Å². The first-order valence-corrected chi connectivity index (χ1v) is 3.61. The summed E-state index contributed by atoms with van der Waals surface area (Å²) in [5.41, 5.74) is 0.0281. The molecule has 0 unspecified atom stereocenters. The predicted octanol–water partition coefficient (Wildman–Crippen LogP) is 2.58. The summed E-state index contributed by atoms with van der Waals surface area (Å²) in [6.45, 7) is 1.60. The molecule has 0 N–H and O–H groups in total. The van der Waals surface area contributed by atoms with Crippen molar-refractivity contribution in [3.8, 4) is 0 Å². The van der Waals surface area contributed by atoms with Gasteiger partial charge >= 0.3 is 6.43 Å². The maximum absolute atomic E-state index is 12.8. The van der Waals surface area contributed by atoms with Gasteiger partial charge in [0.1, 0.15) is 5.82 Å². The molecule has 1 nitrogen and oxygen atoms in total. The molecule has 1 aromatic carbocycles. The average molecular weight is 188 g/mol. The van der Waals surface area contributed by atoms with E-state index in [4.69, 9.17) is 0 Å². The van der Waals surface area contributed by atoms with E-state index in [1.807, 2.05) is 0 Å². The second-order valence-corrected chi connectivity index (χ2v) is 2.65. The summed E-state index contributed by atoms with van der Waals surface area (Å²) in [5.74, 6) is -2.38. The Morgan fingerprint density at radius 2 is 2.00 bits per heavy atom. The van der Waals surface area contributed by atoms with Crippen molar-refractivity contribution in [3.05, 3.63) is 35.1 Å². The number of halogens is 3. The van der Waals surface area contributed by atoms with E-state index in [2.05, 4.69) is 0 Å². The highest BCUT2D eigenvalue weighted by molar-refractivity contribution is 5.98. The van der Waals surface area contributed by atoms with E-state index in [0.29, 0.717) is 5.56 Å². The van der Waals surface area contributed by atoms with E-state index in [9.17, 15) is 18.0 Å². The Labute approximate surface area is 73.2 Å². The topological polar surface area (TPSA) is 17.1 Å². The molecular formula is C9H7F3O. The maximum atomic E-state index is 12.8. The van der Waals surface area contributed by atoms with E-state index < -0.39 is 23.6 Å². The maximum Gasteiger partial charge on any atom is 0.300 e. The molecule has 0 aromatic heterocycles. The number of ketones is 1. The van der Waals surface area contributed by atoms with Gasteiger partial charge < -0.3 is 0 Å². The quantitative estimate of drug-likeness (QED) is 0.652. The van der Waals surface area contributed by atoms with Crippen LogP contribution >= 0.6 is 0 Å². The van der Waals surface area contributed by atoms with Gasteiger partial charge in [0, 0.05) is 0 Å². The van der Waals surface area contributed by atoms with Crippen molar-refractivity contribution < 1.29 is 18.0 Å². The lowest BCUT2D eigenvalue weighted by Gasteiger charge is -2.02. The Bertz CT molecular complexity index is 334. The van der Waals surface area contributed by atoms with Crippen LogP contribution in [0.3, 0.4) is 0 Å². The van der Waals surface area contributed by atoms with Crippen molar-refractivity contribution in [1.82, 2.24) is 0 Å². The highest BCUT2D eigenvalue weighted by atomic mass is 19.3. The zero-order chi connectivity index (χ0) is 10.0. The Hall–Kier alpha value is -1.32. The molecule has 0 aliphatic rings. The van der Waals surface area contributed by atoms with Crippen LogP contribution in [0, 0.1) is 12.7 Å². The van der Waals surface area contributed by atoms with Crippen LogP contribution in [0.2, 0.25) is 0 Å². The number of rotatable bonds is 2. The Morgan fingerprint density at radius 3 is 2.54 bits per heavy atom. The van der Waals surface area contributed by atoms with E-state index in [1.54, 1.807) is 6.92 Å². The number of benzene rings is 1. The molecule has 0 heterocycles. The number of hydrogen-bond donors (Lipinski definition) is 0.